The van der Waals surface area contributed by atoms with Gasteiger partial charge < -0.3 is 28.8 Å². The number of alkyl carbamates (subject to hydrolysis) is 1. The van der Waals surface area contributed by atoms with Crippen molar-refractivity contribution in [3.63, 3.8) is 0 Å². The van der Waals surface area contributed by atoms with Crippen LogP contribution in [0.1, 0.15) is 38.6 Å². The number of aromatic nitrogens is 4. The Hall–Kier alpha value is -4.48. The van der Waals surface area contributed by atoms with Crippen molar-refractivity contribution in [2.45, 2.75) is 32.8 Å². The maximum Gasteiger partial charge on any atom is 0.407 e. The molecule has 0 aliphatic heterocycles. The van der Waals surface area contributed by atoms with Crippen molar-refractivity contribution in [2.75, 3.05) is 20.8 Å². The van der Waals surface area contributed by atoms with Gasteiger partial charge in [0.05, 0.1) is 20.5 Å². The van der Waals surface area contributed by atoms with Crippen LogP contribution in [0, 0.1) is 0 Å². The monoisotopic (exact) mass is 541 g/mol. The van der Waals surface area contributed by atoms with Crippen molar-refractivity contribution in [1.29, 1.82) is 0 Å². The number of amides is 1. The van der Waals surface area contributed by atoms with Crippen molar-refractivity contribution >= 4 is 29.4 Å². The third-order valence-electron chi connectivity index (χ3n) is 5.68. The van der Waals surface area contributed by atoms with E-state index in [9.17, 15) is 14.4 Å². The number of hydrogen-bond donors (Lipinski definition) is 1. The molecule has 0 unspecified atom stereocenters. The summed E-state index contributed by atoms with van der Waals surface area (Å²) in [6, 6.07) is 3.54. The van der Waals surface area contributed by atoms with Crippen molar-refractivity contribution in [2.24, 2.45) is 21.1 Å². The van der Waals surface area contributed by atoms with Crippen LogP contribution in [-0.4, -0.2) is 51.1 Å². The zero-order valence-electron chi connectivity index (χ0n) is 23.5. The minimum Gasteiger partial charge on any atom is -0.493 e. The number of benzene rings is 1. The van der Waals surface area contributed by atoms with Crippen LogP contribution in [0.15, 0.2) is 34.1 Å². The number of aryl methyl sites for hydroxylation is 2. The van der Waals surface area contributed by atoms with Gasteiger partial charge in [-0.05, 0) is 57.0 Å². The molecule has 0 saturated heterocycles. The van der Waals surface area contributed by atoms with Gasteiger partial charge in [0.15, 0.2) is 22.7 Å². The van der Waals surface area contributed by atoms with E-state index in [1.54, 1.807) is 69.8 Å². The number of fused-ring (bicyclic) bond motifs is 1. The molecule has 1 amide bonds. The smallest absolute Gasteiger partial charge is 0.407 e. The SMILES string of the molecule is COc1cc(/C=C/c2nc3c(c(=O)n(C)c(=O)n3C)n2C)cc(OC)c1O/C=C/CCNC(=O)OC(C)(C)C. The molecule has 1 N–H and O–H groups in total. The number of hydrogen-bond acceptors (Lipinski definition) is 8. The maximum atomic E-state index is 12.6. The standard InChI is InChI=1S/C27H35N5O7/c1-27(2,3)39-25(34)28-13-9-10-14-38-22-18(36-7)15-17(16-19(22)37-8)11-12-20-29-23-21(30(20)4)24(33)32(6)26(35)31(23)5/h10-12,14-16H,9,13H2,1-8H3,(H,28,34)/b12-11+,14-10+. The molecule has 0 fully saturated rings. The Kier molecular flexibility index (Phi) is 8.89. The highest BCUT2D eigenvalue weighted by molar-refractivity contribution is 5.77. The second kappa shape index (κ2) is 11.9. The van der Waals surface area contributed by atoms with Gasteiger partial charge in [-0.3, -0.25) is 13.9 Å². The van der Waals surface area contributed by atoms with Crippen LogP contribution < -0.4 is 30.8 Å². The van der Waals surface area contributed by atoms with Gasteiger partial charge in [-0.15, -0.1) is 0 Å². The molecule has 3 aromatic rings. The van der Waals surface area contributed by atoms with Gasteiger partial charge in [0.1, 0.15) is 11.4 Å². The molecule has 0 spiro atoms. The Bertz CT molecular complexity index is 1510. The Balaban J connectivity index is 1.77. The zero-order valence-corrected chi connectivity index (χ0v) is 23.5. The van der Waals surface area contributed by atoms with Gasteiger partial charge >= 0.3 is 11.8 Å². The second-order valence-electron chi connectivity index (χ2n) is 9.70. The fourth-order valence-corrected chi connectivity index (χ4v) is 3.72. The van der Waals surface area contributed by atoms with Gasteiger partial charge in [-0.25, -0.2) is 14.6 Å². The van der Waals surface area contributed by atoms with Crippen LogP contribution >= 0.6 is 0 Å². The highest BCUT2D eigenvalue weighted by Crippen LogP contribution is 2.39. The Morgan fingerprint density at radius 2 is 1.64 bits per heavy atom. The van der Waals surface area contributed by atoms with Gasteiger partial charge in [0.2, 0.25) is 5.75 Å². The predicted molar refractivity (Wildman–Crippen MR) is 148 cm³/mol. The lowest BCUT2D eigenvalue weighted by Gasteiger charge is -2.19. The quantitative estimate of drug-likeness (QED) is 0.324. The number of nitrogens with one attached hydrogen (secondary N) is 1. The normalized spacial score (nSPS) is 11.9. The zero-order chi connectivity index (χ0) is 28.9. The first-order valence-electron chi connectivity index (χ1n) is 12.2. The minimum atomic E-state index is -0.554. The van der Waals surface area contributed by atoms with Crippen molar-refractivity contribution in [3.05, 3.63) is 56.7 Å². The minimum absolute atomic E-state index is 0.303. The van der Waals surface area contributed by atoms with E-state index in [0.29, 0.717) is 47.2 Å². The fourth-order valence-electron chi connectivity index (χ4n) is 3.72. The molecule has 2 aromatic heterocycles. The number of carbonyl (C=O) groups excluding carboxylic acids is 1. The summed E-state index contributed by atoms with van der Waals surface area (Å²) >= 11 is 0. The lowest BCUT2D eigenvalue weighted by atomic mass is 10.1. The number of carbonyl (C=O) groups is 1. The van der Waals surface area contributed by atoms with Gasteiger partial charge in [0, 0.05) is 27.7 Å². The maximum absolute atomic E-state index is 12.6. The van der Waals surface area contributed by atoms with Gasteiger partial charge in [-0.1, -0.05) is 6.08 Å². The first-order chi connectivity index (χ1) is 18.4. The van der Waals surface area contributed by atoms with Crippen LogP contribution in [0.3, 0.4) is 0 Å². The van der Waals surface area contributed by atoms with E-state index >= 15 is 0 Å². The molecule has 0 saturated carbocycles. The van der Waals surface area contributed by atoms with Crippen LogP contribution in [0.2, 0.25) is 0 Å². The summed E-state index contributed by atoms with van der Waals surface area (Å²) in [7, 11) is 7.76. The van der Waals surface area contributed by atoms with E-state index in [2.05, 4.69) is 10.3 Å². The number of rotatable bonds is 9. The van der Waals surface area contributed by atoms with E-state index in [4.69, 9.17) is 18.9 Å². The fraction of sp³-hybridized carbons (Fsp3) is 0.407. The predicted octanol–water partition coefficient (Wildman–Crippen LogP) is 2.97. The molecule has 0 bridgehead atoms. The highest BCUT2D eigenvalue weighted by atomic mass is 16.6. The molecule has 39 heavy (non-hydrogen) atoms. The summed E-state index contributed by atoms with van der Waals surface area (Å²) in [5, 5.41) is 2.67. The summed E-state index contributed by atoms with van der Waals surface area (Å²) in [5.41, 5.74) is -0.0543. The average Bonchev–Trinajstić information content (AvgIpc) is 3.21. The Labute approximate surface area is 226 Å². The lowest BCUT2D eigenvalue weighted by Crippen LogP contribution is -2.37. The lowest BCUT2D eigenvalue weighted by molar-refractivity contribution is 0.0528. The molecular formula is C27H35N5O7. The topological polar surface area (TPSA) is 128 Å². The Morgan fingerprint density at radius 1 is 1.00 bits per heavy atom. The van der Waals surface area contributed by atoms with E-state index in [-0.39, 0.29) is 0 Å². The molecular weight excluding hydrogens is 506 g/mol. The first kappa shape index (κ1) is 29.1. The van der Waals surface area contributed by atoms with Crippen molar-refractivity contribution < 1.29 is 23.7 Å². The largest absolute Gasteiger partial charge is 0.493 e. The number of ether oxygens (including phenoxy) is 4. The first-order valence-corrected chi connectivity index (χ1v) is 12.2. The highest BCUT2D eigenvalue weighted by Gasteiger charge is 2.17. The second-order valence-corrected chi connectivity index (χ2v) is 9.70. The number of imidazole rings is 1. The summed E-state index contributed by atoms with van der Waals surface area (Å²) in [6.07, 6.45) is 6.82. The van der Waals surface area contributed by atoms with Gasteiger partial charge in [0.25, 0.3) is 5.56 Å². The van der Waals surface area contributed by atoms with Crippen LogP contribution in [0.5, 0.6) is 17.2 Å². The molecule has 12 nitrogen and oxygen atoms in total. The van der Waals surface area contributed by atoms with Crippen molar-refractivity contribution in [3.8, 4) is 17.2 Å². The number of methoxy groups -OCH3 is 2. The van der Waals surface area contributed by atoms with E-state index < -0.39 is 22.9 Å². The van der Waals surface area contributed by atoms with Crippen LogP contribution in [0.4, 0.5) is 4.79 Å². The molecule has 3 rings (SSSR count). The average molecular weight is 542 g/mol. The summed E-state index contributed by atoms with van der Waals surface area (Å²) in [6.45, 7) is 5.79. The van der Waals surface area contributed by atoms with E-state index in [1.807, 2.05) is 0 Å². The third kappa shape index (κ3) is 6.70. The molecule has 0 aliphatic carbocycles. The molecule has 0 atom stereocenters. The molecule has 1 aromatic carbocycles. The van der Waals surface area contributed by atoms with Crippen LogP contribution in [0.25, 0.3) is 23.3 Å². The summed E-state index contributed by atoms with van der Waals surface area (Å²) in [4.78, 5) is 41.1. The summed E-state index contributed by atoms with van der Waals surface area (Å²) in [5.74, 6) is 1.75. The molecule has 12 heteroatoms. The molecule has 0 aliphatic rings. The van der Waals surface area contributed by atoms with Crippen molar-refractivity contribution in [1.82, 2.24) is 24.0 Å². The molecule has 210 valence electrons. The molecule has 0 radical (unpaired) electrons. The molecule has 2 heterocycles. The number of nitrogens with zero attached hydrogens (tertiary/aromatic N) is 4. The van der Waals surface area contributed by atoms with E-state index in [1.165, 1.54) is 32.1 Å². The Morgan fingerprint density at radius 3 is 2.23 bits per heavy atom. The third-order valence-corrected chi connectivity index (χ3v) is 5.68. The van der Waals surface area contributed by atoms with Gasteiger partial charge in [-0.2, -0.15) is 0 Å². The van der Waals surface area contributed by atoms with Crippen LogP contribution in [-0.2, 0) is 25.9 Å². The summed E-state index contributed by atoms with van der Waals surface area (Å²) < 4.78 is 26.0. The van der Waals surface area contributed by atoms with E-state index in [0.717, 1.165) is 10.1 Å².